The van der Waals surface area contributed by atoms with Gasteiger partial charge in [0.15, 0.2) is 0 Å². The molecule has 4 nitrogen and oxygen atoms in total. The van der Waals surface area contributed by atoms with E-state index in [0.29, 0.717) is 12.1 Å². The van der Waals surface area contributed by atoms with Crippen LogP contribution in [0.5, 0.6) is 0 Å². The predicted molar refractivity (Wildman–Crippen MR) is 78.3 cm³/mol. The van der Waals surface area contributed by atoms with Crippen molar-refractivity contribution >= 4 is 23.2 Å². The lowest BCUT2D eigenvalue weighted by Crippen LogP contribution is -2.22. The first-order chi connectivity index (χ1) is 9.61. The Bertz CT molecular complexity index is 616. The quantitative estimate of drug-likeness (QED) is 0.889. The van der Waals surface area contributed by atoms with Gasteiger partial charge in [-0.15, -0.1) is 11.3 Å². The lowest BCUT2D eigenvalue weighted by Gasteiger charge is -2.06. The maximum Gasteiger partial charge on any atom is 0.335 e. The van der Waals surface area contributed by atoms with Crippen LogP contribution in [0.3, 0.4) is 0 Å². The lowest BCUT2D eigenvalue weighted by atomic mass is 10.1. The van der Waals surface area contributed by atoms with Gasteiger partial charge >= 0.3 is 5.97 Å². The standard InChI is InChI=1S/C15H15NO3S/c1-2-10-7-8-20-13(10)9-16-14(17)11-3-5-12(6-4-11)15(18)19/h3-8H,2,9H2,1H3,(H,16,17)(H,18,19). The maximum atomic E-state index is 12.0. The molecule has 0 fully saturated rings. The highest BCUT2D eigenvalue weighted by atomic mass is 32.1. The summed E-state index contributed by atoms with van der Waals surface area (Å²) in [6.07, 6.45) is 0.946. The highest BCUT2D eigenvalue weighted by Gasteiger charge is 2.09. The van der Waals surface area contributed by atoms with Crippen molar-refractivity contribution in [2.75, 3.05) is 0 Å². The van der Waals surface area contributed by atoms with Gasteiger partial charge in [0.2, 0.25) is 0 Å². The Morgan fingerprint density at radius 1 is 1.15 bits per heavy atom. The first-order valence-corrected chi connectivity index (χ1v) is 7.16. The summed E-state index contributed by atoms with van der Waals surface area (Å²) in [4.78, 5) is 23.9. The van der Waals surface area contributed by atoms with Crippen molar-refractivity contribution in [2.24, 2.45) is 0 Å². The minimum Gasteiger partial charge on any atom is -0.478 e. The fraction of sp³-hybridized carbons (Fsp3) is 0.200. The Balaban J connectivity index is 2.00. The molecular weight excluding hydrogens is 274 g/mol. The molecule has 2 aromatic rings. The van der Waals surface area contributed by atoms with E-state index >= 15 is 0 Å². The van der Waals surface area contributed by atoms with E-state index in [4.69, 9.17) is 5.11 Å². The molecule has 1 aromatic heterocycles. The number of aromatic carboxylic acids is 1. The summed E-state index contributed by atoms with van der Waals surface area (Å²) in [6.45, 7) is 2.58. The zero-order valence-electron chi connectivity index (χ0n) is 11.1. The van der Waals surface area contributed by atoms with Gasteiger partial charge in [0.05, 0.1) is 12.1 Å². The van der Waals surface area contributed by atoms with Crippen molar-refractivity contribution in [3.05, 3.63) is 57.3 Å². The summed E-state index contributed by atoms with van der Waals surface area (Å²) in [6, 6.07) is 7.97. The Morgan fingerprint density at radius 2 is 1.80 bits per heavy atom. The highest BCUT2D eigenvalue weighted by Crippen LogP contribution is 2.17. The van der Waals surface area contributed by atoms with E-state index < -0.39 is 5.97 Å². The largest absolute Gasteiger partial charge is 0.478 e. The molecule has 0 aliphatic heterocycles. The van der Waals surface area contributed by atoms with E-state index in [1.54, 1.807) is 11.3 Å². The molecule has 0 unspecified atom stereocenters. The minimum atomic E-state index is -0.997. The van der Waals surface area contributed by atoms with Crippen molar-refractivity contribution in [2.45, 2.75) is 19.9 Å². The van der Waals surface area contributed by atoms with Crippen molar-refractivity contribution in [1.29, 1.82) is 0 Å². The van der Waals surface area contributed by atoms with Crippen LogP contribution in [0.1, 0.15) is 38.1 Å². The number of carbonyl (C=O) groups is 2. The molecule has 2 rings (SSSR count). The number of carbonyl (C=O) groups excluding carboxylic acids is 1. The van der Waals surface area contributed by atoms with E-state index in [1.807, 2.05) is 5.38 Å². The molecule has 1 heterocycles. The summed E-state index contributed by atoms with van der Waals surface area (Å²) in [7, 11) is 0. The summed E-state index contributed by atoms with van der Waals surface area (Å²) >= 11 is 1.63. The second-order valence-electron chi connectivity index (χ2n) is 4.29. The van der Waals surface area contributed by atoms with Crippen LogP contribution in [-0.2, 0) is 13.0 Å². The van der Waals surface area contributed by atoms with Crippen molar-refractivity contribution in [1.82, 2.24) is 5.32 Å². The lowest BCUT2D eigenvalue weighted by molar-refractivity contribution is 0.0696. The Kier molecular flexibility index (Phi) is 4.53. The zero-order valence-corrected chi connectivity index (χ0v) is 11.9. The van der Waals surface area contributed by atoms with E-state index in [0.717, 1.165) is 11.3 Å². The fourth-order valence-electron chi connectivity index (χ4n) is 1.86. The normalized spacial score (nSPS) is 10.2. The molecule has 20 heavy (non-hydrogen) atoms. The smallest absolute Gasteiger partial charge is 0.335 e. The molecule has 0 aliphatic carbocycles. The van der Waals surface area contributed by atoms with Gasteiger partial charge in [0, 0.05) is 10.4 Å². The second kappa shape index (κ2) is 6.34. The number of thiophene rings is 1. The Morgan fingerprint density at radius 3 is 2.40 bits per heavy atom. The molecule has 2 N–H and O–H groups in total. The number of aryl methyl sites for hydroxylation is 1. The van der Waals surface area contributed by atoms with Crippen LogP contribution < -0.4 is 5.32 Å². The van der Waals surface area contributed by atoms with Crippen LogP contribution in [0.4, 0.5) is 0 Å². The number of nitrogens with one attached hydrogen (secondary N) is 1. The van der Waals surface area contributed by atoms with Crippen molar-refractivity contribution in [3.63, 3.8) is 0 Å². The molecule has 0 aliphatic rings. The summed E-state index contributed by atoms with van der Waals surface area (Å²) < 4.78 is 0. The molecule has 0 saturated carbocycles. The van der Waals surface area contributed by atoms with Gasteiger partial charge in [-0.05, 0) is 47.7 Å². The third-order valence-corrected chi connectivity index (χ3v) is 3.99. The average Bonchev–Trinajstić information content (AvgIpc) is 2.92. The number of amides is 1. The molecule has 104 valence electrons. The molecule has 1 amide bonds. The van der Waals surface area contributed by atoms with Crippen molar-refractivity contribution < 1.29 is 14.7 Å². The predicted octanol–water partition coefficient (Wildman–Crippen LogP) is 2.94. The number of rotatable bonds is 5. The van der Waals surface area contributed by atoms with Crippen molar-refractivity contribution in [3.8, 4) is 0 Å². The fourth-order valence-corrected chi connectivity index (χ4v) is 2.78. The summed E-state index contributed by atoms with van der Waals surface area (Å²) in [5, 5.41) is 13.7. The van der Waals surface area contributed by atoms with Gasteiger partial charge in [-0.25, -0.2) is 4.79 Å². The van der Waals surface area contributed by atoms with Gasteiger partial charge < -0.3 is 10.4 Å². The molecule has 0 saturated heterocycles. The van der Waals surface area contributed by atoms with Gasteiger partial charge in [0.1, 0.15) is 0 Å². The molecule has 0 radical (unpaired) electrons. The topological polar surface area (TPSA) is 66.4 Å². The van der Waals surface area contributed by atoms with Crippen LogP contribution in [0.25, 0.3) is 0 Å². The Labute approximate surface area is 121 Å². The van der Waals surface area contributed by atoms with Gasteiger partial charge in [-0.2, -0.15) is 0 Å². The van der Waals surface area contributed by atoms with Crippen LogP contribution in [-0.4, -0.2) is 17.0 Å². The van der Waals surface area contributed by atoms with Crippen LogP contribution >= 0.6 is 11.3 Å². The van der Waals surface area contributed by atoms with E-state index in [9.17, 15) is 9.59 Å². The number of benzene rings is 1. The number of carboxylic acid groups (broad SMARTS) is 1. The third-order valence-electron chi connectivity index (χ3n) is 3.02. The first-order valence-electron chi connectivity index (χ1n) is 6.28. The van der Waals surface area contributed by atoms with Crippen LogP contribution in [0, 0.1) is 0 Å². The number of carboxylic acids is 1. The third kappa shape index (κ3) is 3.24. The average molecular weight is 289 g/mol. The van der Waals surface area contributed by atoms with E-state index in [1.165, 1.54) is 29.8 Å². The highest BCUT2D eigenvalue weighted by molar-refractivity contribution is 7.10. The SMILES string of the molecule is CCc1ccsc1CNC(=O)c1ccc(C(=O)O)cc1. The number of hydrogen-bond donors (Lipinski definition) is 2. The maximum absolute atomic E-state index is 12.0. The summed E-state index contributed by atoms with van der Waals surface area (Å²) in [5.41, 5.74) is 1.88. The molecule has 5 heteroatoms. The van der Waals surface area contributed by atoms with E-state index in [2.05, 4.69) is 18.3 Å². The first kappa shape index (κ1) is 14.3. The number of hydrogen-bond acceptors (Lipinski definition) is 3. The van der Waals surface area contributed by atoms with Crippen LogP contribution in [0.15, 0.2) is 35.7 Å². The van der Waals surface area contributed by atoms with Gasteiger partial charge in [-0.1, -0.05) is 6.92 Å². The minimum absolute atomic E-state index is 0.174. The molecule has 0 bridgehead atoms. The molecular formula is C15H15NO3S. The van der Waals surface area contributed by atoms with E-state index in [-0.39, 0.29) is 11.5 Å². The Hall–Kier alpha value is -2.14. The monoisotopic (exact) mass is 289 g/mol. The second-order valence-corrected chi connectivity index (χ2v) is 5.29. The zero-order chi connectivity index (χ0) is 14.5. The van der Waals surface area contributed by atoms with Crippen LogP contribution in [0.2, 0.25) is 0 Å². The summed E-state index contributed by atoms with van der Waals surface area (Å²) in [5.74, 6) is -1.19. The van der Waals surface area contributed by atoms with Gasteiger partial charge in [0.25, 0.3) is 5.91 Å². The molecule has 1 aromatic carbocycles. The molecule has 0 spiro atoms. The molecule has 0 atom stereocenters. The van der Waals surface area contributed by atoms with Gasteiger partial charge in [-0.3, -0.25) is 4.79 Å².